The van der Waals surface area contributed by atoms with Gasteiger partial charge in [0.1, 0.15) is 18.3 Å². The van der Waals surface area contributed by atoms with Gasteiger partial charge in [0, 0.05) is 37.8 Å². The first-order valence-electron chi connectivity index (χ1n) is 10.5. The second-order valence-corrected chi connectivity index (χ2v) is 8.26. The molecule has 3 heterocycles. The van der Waals surface area contributed by atoms with Crippen LogP contribution < -0.4 is 5.32 Å². The maximum atomic E-state index is 12.7. The number of amides is 2. The summed E-state index contributed by atoms with van der Waals surface area (Å²) in [4.78, 5) is 17.9. The van der Waals surface area contributed by atoms with E-state index in [0.29, 0.717) is 26.1 Å². The van der Waals surface area contributed by atoms with Crippen LogP contribution in [0.5, 0.6) is 0 Å². The number of benzene rings is 1. The molecule has 8 nitrogen and oxygen atoms in total. The predicted octanol–water partition coefficient (Wildman–Crippen LogP) is 2.63. The molecule has 2 fully saturated rings. The molecule has 30 heavy (non-hydrogen) atoms. The molecule has 2 amide bonds. The molecule has 0 spiro atoms. The number of hydrogen-bond acceptors (Lipinski definition) is 5. The highest BCUT2D eigenvalue weighted by Crippen LogP contribution is 2.38. The summed E-state index contributed by atoms with van der Waals surface area (Å²) in [5.41, 5.74) is 2.19. The maximum Gasteiger partial charge on any atom is 0.317 e. The summed E-state index contributed by atoms with van der Waals surface area (Å²) < 4.78 is 23.6. The van der Waals surface area contributed by atoms with Crippen LogP contribution >= 0.6 is 0 Å². The summed E-state index contributed by atoms with van der Waals surface area (Å²) in [6.07, 6.45) is -0.712. The number of aromatic nitrogens is 1. The molecule has 8 heteroatoms. The molecule has 2 aliphatic rings. The van der Waals surface area contributed by atoms with E-state index >= 15 is 0 Å². The first-order chi connectivity index (χ1) is 14.4. The fourth-order valence-corrected chi connectivity index (χ4v) is 4.26. The average molecular weight is 418 g/mol. The van der Waals surface area contributed by atoms with E-state index in [1.807, 2.05) is 32.9 Å². The highest BCUT2D eigenvalue weighted by molar-refractivity contribution is 5.80. The van der Waals surface area contributed by atoms with E-state index in [1.165, 1.54) is 5.39 Å². The van der Waals surface area contributed by atoms with Crippen LogP contribution in [0.4, 0.5) is 4.79 Å². The van der Waals surface area contributed by atoms with E-state index < -0.39 is 12.1 Å². The number of nitrogens with zero attached hydrogens (tertiary/aromatic N) is 1. The van der Waals surface area contributed by atoms with Gasteiger partial charge in [-0.15, -0.1) is 0 Å². The quantitative estimate of drug-likeness (QED) is 0.724. The van der Waals surface area contributed by atoms with Crippen LogP contribution in [-0.2, 0) is 25.4 Å². The molecule has 2 saturated heterocycles. The zero-order valence-corrected chi connectivity index (χ0v) is 18.0. The van der Waals surface area contributed by atoms with Crippen LogP contribution in [0.25, 0.3) is 10.9 Å². The molecule has 0 bridgehead atoms. The van der Waals surface area contributed by atoms with Crippen molar-refractivity contribution in [3.05, 3.63) is 36.0 Å². The number of para-hydroxylation sites is 1. The third-order valence-corrected chi connectivity index (χ3v) is 5.61. The number of urea groups is 1. The van der Waals surface area contributed by atoms with Crippen LogP contribution in [0.1, 0.15) is 26.5 Å². The van der Waals surface area contributed by atoms with Crippen molar-refractivity contribution < 1.29 is 23.7 Å². The number of fused-ring (bicyclic) bond motifs is 2. The predicted molar refractivity (Wildman–Crippen MR) is 112 cm³/mol. The topological polar surface area (TPSA) is 85.1 Å². The van der Waals surface area contributed by atoms with Crippen molar-refractivity contribution in [2.24, 2.45) is 0 Å². The number of methoxy groups -OCH3 is 1. The lowest BCUT2D eigenvalue weighted by molar-refractivity contribution is -0.217. The van der Waals surface area contributed by atoms with Crippen molar-refractivity contribution in [1.82, 2.24) is 15.2 Å². The Kier molecular flexibility index (Phi) is 6.02. The third-order valence-electron chi connectivity index (χ3n) is 5.61. The number of ether oxygens (including phenoxy) is 4. The Morgan fingerprint density at radius 2 is 2.10 bits per heavy atom. The number of carbonyl (C=O) groups excluding carboxylic acids is 1. The van der Waals surface area contributed by atoms with E-state index in [0.717, 1.165) is 11.2 Å². The van der Waals surface area contributed by atoms with Gasteiger partial charge in [0.15, 0.2) is 12.1 Å². The van der Waals surface area contributed by atoms with E-state index in [-0.39, 0.29) is 24.3 Å². The Morgan fingerprint density at radius 3 is 2.83 bits per heavy atom. The molecule has 2 aromatic rings. The van der Waals surface area contributed by atoms with Gasteiger partial charge in [-0.25, -0.2) is 4.79 Å². The minimum atomic E-state index is -0.702. The molecule has 1 aromatic carbocycles. The number of rotatable bonds is 7. The molecule has 1 aromatic heterocycles. The van der Waals surface area contributed by atoms with Crippen molar-refractivity contribution in [3.8, 4) is 0 Å². The molecule has 0 unspecified atom stereocenters. The summed E-state index contributed by atoms with van der Waals surface area (Å²) in [6, 6.07) is 10.2. The SMILES string of the molecule is CCNC(=O)N(CCc1cc2ccccc2[nH]1)C[C@H]1O[C@@H]2OC(C)(C)O[C@@H]2[C@H]1OC. The Morgan fingerprint density at radius 1 is 1.30 bits per heavy atom. The first-order valence-corrected chi connectivity index (χ1v) is 10.5. The standard InChI is InChI=1S/C22H31N3O5/c1-5-23-21(26)25(11-10-15-12-14-8-6-7-9-16(14)24-15)13-17-18(27-4)19-20(28-17)30-22(2,3)29-19/h6-9,12,17-20,24H,5,10-11,13H2,1-4H3,(H,23,26)/t17-,18+,19-,20-/m1/s1. The Labute approximate surface area is 176 Å². The summed E-state index contributed by atoms with van der Waals surface area (Å²) in [6.45, 7) is 7.14. The molecule has 0 aliphatic carbocycles. The van der Waals surface area contributed by atoms with E-state index in [4.69, 9.17) is 18.9 Å². The van der Waals surface area contributed by atoms with Crippen molar-refractivity contribution in [2.45, 2.75) is 57.6 Å². The second-order valence-electron chi connectivity index (χ2n) is 8.26. The number of carbonyl (C=O) groups is 1. The van der Waals surface area contributed by atoms with Gasteiger partial charge >= 0.3 is 6.03 Å². The molecule has 0 saturated carbocycles. The molecule has 4 rings (SSSR count). The van der Waals surface area contributed by atoms with Gasteiger partial charge in [0.2, 0.25) is 0 Å². The highest BCUT2D eigenvalue weighted by Gasteiger charge is 2.55. The molecule has 4 atom stereocenters. The minimum Gasteiger partial charge on any atom is -0.376 e. The molecule has 2 N–H and O–H groups in total. The molecule has 164 valence electrons. The van der Waals surface area contributed by atoms with Crippen LogP contribution in [0.3, 0.4) is 0 Å². The number of H-pyrrole nitrogens is 1. The zero-order chi connectivity index (χ0) is 21.3. The molecule has 0 radical (unpaired) electrons. The van der Waals surface area contributed by atoms with E-state index in [1.54, 1.807) is 12.0 Å². The minimum absolute atomic E-state index is 0.119. The first kappa shape index (κ1) is 21.1. The molecular weight excluding hydrogens is 386 g/mol. The van der Waals surface area contributed by atoms with E-state index in [2.05, 4.69) is 28.5 Å². The van der Waals surface area contributed by atoms with Crippen molar-refractivity contribution in [2.75, 3.05) is 26.7 Å². The van der Waals surface area contributed by atoms with Crippen LogP contribution in [0.2, 0.25) is 0 Å². The Balaban J connectivity index is 1.44. The van der Waals surface area contributed by atoms with Gasteiger partial charge in [-0.3, -0.25) is 0 Å². The fourth-order valence-electron chi connectivity index (χ4n) is 4.26. The van der Waals surface area contributed by atoms with Gasteiger partial charge in [-0.2, -0.15) is 0 Å². The fraction of sp³-hybridized carbons (Fsp3) is 0.591. The van der Waals surface area contributed by atoms with Gasteiger partial charge < -0.3 is 34.1 Å². The Hall–Kier alpha value is -2.13. The lowest BCUT2D eigenvalue weighted by Gasteiger charge is -2.30. The normalized spacial score (nSPS) is 27.3. The molecular formula is C22H31N3O5. The van der Waals surface area contributed by atoms with Gasteiger partial charge in [-0.05, 0) is 38.3 Å². The van der Waals surface area contributed by atoms with Crippen LogP contribution in [0.15, 0.2) is 30.3 Å². The maximum absolute atomic E-state index is 12.7. The largest absolute Gasteiger partial charge is 0.376 e. The lowest BCUT2D eigenvalue weighted by Crippen LogP contribution is -2.48. The van der Waals surface area contributed by atoms with Gasteiger partial charge in [-0.1, -0.05) is 18.2 Å². The zero-order valence-electron chi connectivity index (χ0n) is 18.0. The van der Waals surface area contributed by atoms with E-state index in [9.17, 15) is 4.79 Å². The average Bonchev–Trinajstić information content (AvgIpc) is 3.33. The number of nitrogens with one attached hydrogen (secondary N) is 2. The van der Waals surface area contributed by atoms with Crippen molar-refractivity contribution >= 4 is 16.9 Å². The number of aromatic amines is 1. The summed E-state index contributed by atoms with van der Waals surface area (Å²) in [5, 5.41) is 4.06. The van der Waals surface area contributed by atoms with Crippen LogP contribution in [0, 0.1) is 0 Å². The van der Waals surface area contributed by atoms with Crippen molar-refractivity contribution in [3.63, 3.8) is 0 Å². The number of hydrogen-bond donors (Lipinski definition) is 2. The van der Waals surface area contributed by atoms with Gasteiger partial charge in [0.25, 0.3) is 0 Å². The van der Waals surface area contributed by atoms with Crippen molar-refractivity contribution in [1.29, 1.82) is 0 Å². The van der Waals surface area contributed by atoms with Gasteiger partial charge in [0.05, 0.1) is 6.54 Å². The molecule has 2 aliphatic heterocycles. The second kappa shape index (κ2) is 8.55. The summed E-state index contributed by atoms with van der Waals surface area (Å²) >= 11 is 0. The summed E-state index contributed by atoms with van der Waals surface area (Å²) in [5.74, 6) is -0.702. The Bertz CT molecular complexity index is 850. The highest BCUT2D eigenvalue weighted by atomic mass is 16.8. The monoisotopic (exact) mass is 417 g/mol. The smallest absolute Gasteiger partial charge is 0.317 e. The van der Waals surface area contributed by atoms with Crippen LogP contribution in [-0.4, -0.2) is 73.0 Å². The third kappa shape index (κ3) is 4.32. The summed E-state index contributed by atoms with van der Waals surface area (Å²) in [7, 11) is 1.64. The lowest BCUT2D eigenvalue weighted by atomic mass is 10.1.